The van der Waals surface area contributed by atoms with E-state index in [1.54, 1.807) is 6.07 Å². The highest BCUT2D eigenvalue weighted by molar-refractivity contribution is 7.90. The van der Waals surface area contributed by atoms with Gasteiger partial charge < -0.3 is 9.42 Å². The van der Waals surface area contributed by atoms with Crippen LogP contribution in [0.25, 0.3) is 11.4 Å². The number of hydrogen-bond acceptors (Lipinski definition) is 7. The van der Waals surface area contributed by atoms with Crippen molar-refractivity contribution in [2.24, 2.45) is 0 Å². The Kier molecular flexibility index (Phi) is 4.63. The van der Waals surface area contributed by atoms with Gasteiger partial charge in [0.1, 0.15) is 11.4 Å². The molecule has 9 nitrogen and oxygen atoms in total. The summed E-state index contributed by atoms with van der Waals surface area (Å²) in [6.07, 6.45) is 0. The summed E-state index contributed by atoms with van der Waals surface area (Å²) in [7, 11) is -2.58. The number of nitrogens with zero attached hydrogens (tertiary/aromatic N) is 4. The van der Waals surface area contributed by atoms with Crippen LogP contribution in [0.5, 0.6) is 0 Å². The highest BCUT2D eigenvalue weighted by Gasteiger charge is 2.42. The molecule has 3 aromatic rings. The van der Waals surface area contributed by atoms with Gasteiger partial charge in [0.25, 0.3) is 15.9 Å². The van der Waals surface area contributed by atoms with Crippen LogP contribution in [-0.2, 0) is 21.4 Å². The van der Waals surface area contributed by atoms with Crippen LogP contribution in [0.3, 0.4) is 0 Å². The van der Waals surface area contributed by atoms with Crippen molar-refractivity contribution in [1.82, 2.24) is 19.3 Å². The normalized spacial score (nSPS) is 14.7. The van der Waals surface area contributed by atoms with Crippen LogP contribution in [0.4, 0.5) is 0 Å². The summed E-state index contributed by atoms with van der Waals surface area (Å²) >= 11 is 0. The molecule has 0 unspecified atom stereocenters. The topological polar surface area (TPSA) is 114 Å². The van der Waals surface area contributed by atoms with Crippen molar-refractivity contribution < 1.29 is 22.5 Å². The summed E-state index contributed by atoms with van der Waals surface area (Å²) in [6.45, 7) is -0.625. The van der Waals surface area contributed by atoms with Crippen LogP contribution in [0.1, 0.15) is 16.2 Å². The number of carbonyl (C=O) groups is 2. The zero-order valence-electron chi connectivity index (χ0n) is 15.3. The Bertz CT molecular complexity index is 1190. The number of fused-ring (bicyclic) bond motifs is 1. The first-order valence-electron chi connectivity index (χ1n) is 8.66. The van der Waals surface area contributed by atoms with E-state index >= 15 is 0 Å². The molecule has 0 radical (unpaired) electrons. The Labute approximate surface area is 166 Å². The lowest BCUT2D eigenvalue weighted by Crippen LogP contribution is -2.41. The van der Waals surface area contributed by atoms with Crippen LogP contribution < -0.4 is 0 Å². The first kappa shape index (κ1) is 18.8. The molecule has 2 heterocycles. The molecule has 148 valence electrons. The van der Waals surface area contributed by atoms with Crippen molar-refractivity contribution in [3.63, 3.8) is 0 Å². The van der Waals surface area contributed by atoms with Gasteiger partial charge in [0.05, 0.1) is 12.1 Å². The third-order valence-corrected chi connectivity index (χ3v) is 6.28. The molecule has 0 spiro atoms. The first-order chi connectivity index (χ1) is 13.9. The van der Waals surface area contributed by atoms with Crippen molar-refractivity contribution in [3.05, 3.63) is 66.1 Å². The molecule has 0 atom stereocenters. The summed E-state index contributed by atoms with van der Waals surface area (Å²) in [5, 5.41) is 3.88. The van der Waals surface area contributed by atoms with Gasteiger partial charge in [-0.1, -0.05) is 47.6 Å². The number of sulfonamides is 1. The van der Waals surface area contributed by atoms with Gasteiger partial charge in [0.15, 0.2) is 0 Å². The van der Waals surface area contributed by atoms with E-state index in [1.807, 2.05) is 30.3 Å². The van der Waals surface area contributed by atoms with Gasteiger partial charge in [-0.2, -0.15) is 4.98 Å². The minimum absolute atomic E-state index is 0.0201. The molecule has 10 heteroatoms. The fraction of sp³-hybridized carbons (Fsp3) is 0.158. The summed E-state index contributed by atoms with van der Waals surface area (Å²) in [5.74, 6) is -0.714. The fourth-order valence-electron chi connectivity index (χ4n) is 2.95. The van der Waals surface area contributed by atoms with Crippen LogP contribution in [0, 0.1) is 0 Å². The first-order valence-corrected chi connectivity index (χ1v) is 10.1. The van der Waals surface area contributed by atoms with Gasteiger partial charge in [-0.3, -0.25) is 9.59 Å². The molecule has 1 aromatic heterocycles. The van der Waals surface area contributed by atoms with Crippen molar-refractivity contribution in [2.75, 3.05) is 13.6 Å². The number of amides is 2. The Morgan fingerprint density at radius 1 is 1.10 bits per heavy atom. The van der Waals surface area contributed by atoms with E-state index in [0.29, 0.717) is 10.1 Å². The number of rotatable bonds is 5. The molecule has 0 saturated heterocycles. The Morgan fingerprint density at radius 3 is 2.52 bits per heavy atom. The molecule has 2 amide bonds. The van der Waals surface area contributed by atoms with Crippen LogP contribution >= 0.6 is 0 Å². The SMILES string of the molecule is CN(Cc1nc(-c2ccccc2)no1)C(=O)CN1C(=O)c2ccccc2S1(=O)=O. The number of hydrogen-bond donors (Lipinski definition) is 0. The van der Waals surface area contributed by atoms with Gasteiger partial charge in [-0.05, 0) is 12.1 Å². The highest BCUT2D eigenvalue weighted by atomic mass is 32.2. The van der Waals surface area contributed by atoms with Gasteiger partial charge in [-0.25, -0.2) is 12.7 Å². The summed E-state index contributed by atoms with van der Waals surface area (Å²) < 4.78 is 30.9. The van der Waals surface area contributed by atoms with E-state index in [9.17, 15) is 18.0 Å². The van der Waals surface area contributed by atoms with E-state index in [2.05, 4.69) is 10.1 Å². The zero-order valence-corrected chi connectivity index (χ0v) is 16.2. The van der Waals surface area contributed by atoms with Crippen molar-refractivity contribution in [1.29, 1.82) is 0 Å². The molecule has 0 aliphatic carbocycles. The van der Waals surface area contributed by atoms with Crippen LogP contribution in [0.15, 0.2) is 64.0 Å². The molecule has 2 aromatic carbocycles. The molecule has 29 heavy (non-hydrogen) atoms. The molecule has 0 bridgehead atoms. The number of carbonyl (C=O) groups excluding carboxylic acids is 2. The Balaban J connectivity index is 1.46. The third-order valence-electron chi connectivity index (χ3n) is 4.49. The number of aromatic nitrogens is 2. The predicted molar refractivity (Wildman–Crippen MR) is 101 cm³/mol. The molecule has 1 aliphatic rings. The largest absolute Gasteiger partial charge is 0.337 e. The third kappa shape index (κ3) is 3.38. The van der Waals surface area contributed by atoms with E-state index in [4.69, 9.17) is 4.52 Å². The monoisotopic (exact) mass is 412 g/mol. The average Bonchev–Trinajstić information content (AvgIpc) is 3.26. The quantitative estimate of drug-likeness (QED) is 0.624. The Morgan fingerprint density at radius 2 is 1.79 bits per heavy atom. The average molecular weight is 412 g/mol. The van der Waals surface area contributed by atoms with Gasteiger partial charge >= 0.3 is 0 Å². The molecular formula is C19H16N4O5S. The lowest BCUT2D eigenvalue weighted by Gasteiger charge is -2.19. The van der Waals surface area contributed by atoms with E-state index in [-0.39, 0.29) is 22.9 Å². The maximum absolute atomic E-state index is 12.6. The molecule has 1 aliphatic heterocycles. The van der Waals surface area contributed by atoms with Gasteiger partial charge in [0, 0.05) is 12.6 Å². The minimum atomic E-state index is -4.04. The Hall–Kier alpha value is -3.53. The summed E-state index contributed by atoms with van der Waals surface area (Å²) in [4.78, 5) is 30.3. The molecule has 0 fully saturated rings. The predicted octanol–water partition coefficient (Wildman–Crippen LogP) is 1.54. The van der Waals surface area contributed by atoms with Crippen molar-refractivity contribution >= 4 is 21.8 Å². The highest BCUT2D eigenvalue weighted by Crippen LogP contribution is 2.29. The van der Waals surface area contributed by atoms with Gasteiger partial charge in [-0.15, -0.1) is 0 Å². The molecule has 0 saturated carbocycles. The molecule has 0 N–H and O–H groups in total. The number of likely N-dealkylation sites (N-methyl/N-ethyl adjacent to an activating group) is 1. The smallest absolute Gasteiger partial charge is 0.269 e. The molecule has 4 rings (SSSR count). The van der Waals surface area contributed by atoms with E-state index < -0.39 is 28.4 Å². The van der Waals surface area contributed by atoms with Crippen molar-refractivity contribution in [3.8, 4) is 11.4 Å². The maximum Gasteiger partial charge on any atom is 0.269 e. The van der Waals surface area contributed by atoms with E-state index in [1.165, 1.54) is 30.1 Å². The van der Waals surface area contributed by atoms with Gasteiger partial charge in [0.2, 0.25) is 17.6 Å². The van der Waals surface area contributed by atoms with Crippen molar-refractivity contribution in [2.45, 2.75) is 11.4 Å². The second-order valence-corrected chi connectivity index (χ2v) is 8.27. The second-order valence-electron chi connectivity index (χ2n) is 6.44. The summed E-state index contributed by atoms with van der Waals surface area (Å²) in [5.41, 5.74) is 0.829. The van der Waals surface area contributed by atoms with Crippen LogP contribution in [0.2, 0.25) is 0 Å². The fourth-order valence-corrected chi connectivity index (χ4v) is 4.46. The standard InChI is InChI=1S/C19H16N4O5S/c1-22(11-16-20-18(21-28-16)13-7-3-2-4-8-13)17(24)12-23-19(25)14-9-5-6-10-15(14)29(23,26)27/h2-10H,11-12H2,1H3. The van der Waals surface area contributed by atoms with Crippen LogP contribution in [-0.4, -0.2) is 53.2 Å². The lowest BCUT2D eigenvalue weighted by atomic mass is 10.2. The summed E-state index contributed by atoms with van der Waals surface area (Å²) in [6, 6.07) is 15.1. The molecular weight excluding hydrogens is 396 g/mol. The lowest BCUT2D eigenvalue weighted by molar-refractivity contribution is -0.130. The number of benzene rings is 2. The zero-order chi connectivity index (χ0) is 20.6. The maximum atomic E-state index is 12.6. The van der Waals surface area contributed by atoms with E-state index in [0.717, 1.165) is 5.56 Å². The minimum Gasteiger partial charge on any atom is -0.337 e. The second kappa shape index (κ2) is 7.13.